The number of fused-ring (bicyclic) bond motifs is 1. The van der Waals surface area contributed by atoms with Crippen LogP contribution >= 0.6 is 11.3 Å². The van der Waals surface area contributed by atoms with Crippen molar-refractivity contribution in [1.82, 2.24) is 5.32 Å². The summed E-state index contributed by atoms with van der Waals surface area (Å²) in [5, 5.41) is 6.48. The molecule has 0 radical (unpaired) electrons. The number of para-hydroxylation sites is 1. The largest absolute Gasteiger partial charge is 0.384 e. The van der Waals surface area contributed by atoms with Crippen LogP contribution < -0.4 is 10.6 Å². The first-order chi connectivity index (χ1) is 10.1. The third kappa shape index (κ3) is 3.10. The number of hydrogen-bond donors (Lipinski definition) is 2. The molecule has 2 aromatic rings. The van der Waals surface area contributed by atoms with Crippen molar-refractivity contribution < 1.29 is 4.79 Å². The Morgan fingerprint density at radius 3 is 2.95 bits per heavy atom. The molecule has 1 aromatic heterocycles. The second-order valence-electron chi connectivity index (χ2n) is 5.61. The Bertz CT molecular complexity index is 650. The quantitative estimate of drug-likeness (QED) is 0.901. The van der Waals surface area contributed by atoms with Crippen molar-refractivity contribution in [3.63, 3.8) is 0 Å². The minimum Gasteiger partial charge on any atom is -0.384 e. The monoisotopic (exact) mass is 300 g/mol. The lowest BCUT2D eigenvalue weighted by atomic mass is 9.97. The number of aryl methyl sites for hydroxylation is 1. The number of nitrogens with one attached hydrogen (secondary N) is 2. The fourth-order valence-electron chi connectivity index (χ4n) is 2.82. The van der Waals surface area contributed by atoms with Crippen LogP contribution in [0.4, 0.5) is 5.69 Å². The van der Waals surface area contributed by atoms with Crippen LogP contribution in [0.15, 0.2) is 36.4 Å². The average Bonchev–Trinajstić information content (AvgIpc) is 3.06. The average molecular weight is 300 g/mol. The smallest absolute Gasteiger partial charge is 0.221 e. The fraction of sp³-hybridized carbons (Fsp3) is 0.353. The lowest BCUT2D eigenvalue weighted by molar-refractivity contribution is -0.122. The predicted molar refractivity (Wildman–Crippen MR) is 87.9 cm³/mol. The summed E-state index contributed by atoms with van der Waals surface area (Å²) in [6, 6.07) is 12.5. The standard InChI is InChI=1S/C17H20N2OS/c1-11-7-8-16(21-11)12(2)19-17(20)9-13-10-18-15-6-4-3-5-14(13)15/h3-8,12-13,18H,9-10H2,1-2H3,(H,19,20). The van der Waals surface area contributed by atoms with Gasteiger partial charge in [-0.3, -0.25) is 4.79 Å². The van der Waals surface area contributed by atoms with E-state index >= 15 is 0 Å². The molecular formula is C17H20N2OS. The maximum atomic E-state index is 12.3. The Hall–Kier alpha value is -1.81. The first-order valence-electron chi connectivity index (χ1n) is 7.32. The molecule has 2 atom stereocenters. The normalized spacial score (nSPS) is 17.9. The van der Waals surface area contributed by atoms with E-state index in [9.17, 15) is 4.79 Å². The van der Waals surface area contributed by atoms with Gasteiger partial charge in [-0.05, 0) is 37.6 Å². The summed E-state index contributed by atoms with van der Waals surface area (Å²) in [4.78, 5) is 14.8. The highest BCUT2D eigenvalue weighted by Gasteiger charge is 2.24. The van der Waals surface area contributed by atoms with E-state index < -0.39 is 0 Å². The zero-order chi connectivity index (χ0) is 14.8. The van der Waals surface area contributed by atoms with E-state index in [4.69, 9.17) is 0 Å². The molecule has 21 heavy (non-hydrogen) atoms. The van der Waals surface area contributed by atoms with Gasteiger partial charge in [-0.1, -0.05) is 18.2 Å². The third-order valence-corrected chi connectivity index (χ3v) is 5.12. The van der Waals surface area contributed by atoms with Gasteiger partial charge in [0, 0.05) is 34.3 Å². The first-order valence-corrected chi connectivity index (χ1v) is 8.13. The summed E-state index contributed by atoms with van der Waals surface area (Å²) in [5.74, 6) is 0.399. The lowest BCUT2D eigenvalue weighted by Gasteiger charge is -2.15. The van der Waals surface area contributed by atoms with Crippen LogP contribution in [0.2, 0.25) is 0 Å². The van der Waals surface area contributed by atoms with Gasteiger partial charge in [-0.15, -0.1) is 11.3 Å². The zero-order valence-corrected chi connectivity index (χ0v) is 13.2. The third-order valence-electron chi connectivity index (χ3n) is 3.94. The molecule has 3 rings (SSSR count). The Kier molecular flexibility index (Phi) is 3.97. The summed E-state index contributed by atoms with van der Waals surface area (Å²) >= 11 is 1.74. The van der Waals surface area contributed by atoms with Gasteiger partial charge < -0.3 is 10.6 Å². The van der Waals surface area contributed by atoms with E-state index in [1.54, 1.807) is 11.3 Å². The number of amides is 1. The fourth-order valence-corrected chi connectivity index (χ4v) is 3.70. The summed E-state index contributed by atoms with van der Waals surface area (Å²) < 4.78 is 0. The van der Waals surface area contributed by atoms with Gasteiger partial charge in [0.25, 0.3) is 0 Å². The maximum Gasteiger partial charge on any atom is 0.221 e. The Balaban J connectivity index is 1.60. The number of carbonyl (C=O) groups excluding carboxylic acids is 1. The van der Waals surface area contributed by atoms with Crippen LogP contribution in [-0.2, 0) is 4.79 Å². The predicted octanol–water partition coefficient (Wildman–Crippen LogP) is 3.83. The summed E-state index contributed by atoms with van der Waals surface area (Å²) in [7, 11) is 0. The van der Waals surface area contributed by atoms with Crippen LogP contribution in [0.5, 0.6) is 0 Å². The molecule has 2 unspecified atom stereocenters. The molecule has 1 amide bonds. The van der Waals surface area contributed by atoms with Gasteiger partial charge in [0.1, 0.15) is 0 Å². The number of rotatable bonds is 4. The topological polar surface area (TPSA) is 41.1 Å². The number of carbonyl (C=O) groups is 1. The number of anilines is 1. The minimum absolute atomic E-state index is 0.0841. The van der Waals surface area contributed by atoms with Crippen molar-refractivity contribution in [2.24, 2.45) is 0 Å². The molecule has 2 N–H and O–H groups in total. The number of benzene rings is 1. The van der Waals surface area contributed by atoms with Crippen molar-refractivity contribution >= 4 is 22.9 Å². The van der Waals surface area contributed by atoms with Crippen LogP contribution in [0.1, 0.15) is 40.6 Å². The molecule has 1 aliphatic rings. The second kappa shape index (κ2) is 5.90. The van der Waals surface area contributed by atoms with Gasteiger partial charge >= 0.3 is 0 Å². The van der Waals surface area contributed by atoms with E-state index in [1.165, 1.54) is 15.3 Å². The highest BCUT2D eigenvalue weighted by molar-refractivity contribution is 7.12. The molecule has 0 spiro atoms. The van der Waals surface area contributed by atoms with Crippen LogP contribution in [-0.4, -0.2) is 12.5 Å². The summed E-state index contributed by atoms with van der Waals surface area (Å²) in [6.07, 6.45) is 0.540. The van der Waals surface area contributed by atoms with E-state index in [0.29, 0.717) is 6.42 Å². The van der Waals surface area contributed by atoms with Gasteiger partial charge in [-0.2, -0.15) is 0 Å². The molecule has 0 saturated heterocycles. The van der Waals surface area contributed by atoms with E-state index in [0.717, 1.165) is 12.2 Å². The van der Waals surface area contributed by atoms with Crippen LogP contribution in [0.25, 0.3) is 0 Å². The second-order valence-corrected chi connectivity index (χ2v) is 6.93. The Morgan fingerprint density at radius 2 is 2.19 bits per heavy atom. The van der Waals surface area contributed by atoms with E-state index in [-0.39, 0.29) is 17.9 Å². The highest BCUT2D eigenvalue weighted by Crippen LogP contribution is 2.33. The molecule has 0 fully saturated rings. The lowest BCUT2D eigenvalue weighted by Crippen LogP contribution is -2.27. The zero-order valence-electron chi connectivity index (χ0n) is 12.3. The van der Waals surface area contributed by atoms with E-state index in [1.807, 2.05) is 19.1 Å². The summed E-state index contributed by atoms with van der Waals surface area (Å²) in [5.41, 5.74) is 2.42. The van der Waals surface area contributed by atoms with Crippen LogP contribution in [0, 0.1) is 6.92 Å². The molecule has 110 valence electrons. The van der Waals surface area contributed by atoms with E-state index in [2.05, 4.69) is 41.8 Å². The molecule has 3 nitrogen and oxygen atoms in total. The maximum absolute atomic E-state index is 12.3. The van der Waals surface area contributed by atoms with Crippen molar-refractivity contribution in [3.8, 4) is 0 Å². The molecule has 0 bridgehead atoms. The summed E-state index contributed by atoms with van der Waals surface area (Å²) in [6.45, 7) is 4.98. The van der Waals surface area contributed by atoms with Crippen molar-refractivity contribution in [3.05, 3.63) is 51.7 Å². The molecule has 4 heteroatoms. The minimum atomic E-state index is 0.0841. The molecule has 0 saturated carbocycles. The Morgan fingerprint density at radius 1 is 1.38 bits per heavy atom. The van der Waals surface area contributed by atoms with Crippen LogP contribution in [0.3, 0.4) is 0 Å². The highest BCUT2D eigenvalue weighted by atomic mass is 32.1. The van der Waals surface area contributed by atoms with Crippen molar-refractivity contribution in [2.75, 3.05) is 11.9 Å². The molecule has 0 aliphatic carbocycles. The molecule has 1 aliphatic heterocycles. The Labute approximate surface area is 129 Å². The molecule has 1 aromatic carbocycles. The molecule has 2 heterocycles. The SMILES string of the molecule is Cc1ccc(C(C)NC(=O)CC2CNc3ccccc32)s1. The molecular weight excluding hydrogens is 280 g/mol. The van der Waals surface area contributed by atoms with Crippen molar-refractivity contribution in [1.29, 1.82) is 0 Å². The van der Waals surface area contributed by atoms with Crippen molar-refractivity contribution in [2.45, 2.75) is 32.2 Å². The van der Waals surface area contributed by atoms with Gasteiger partial charge in [-0.25, -0.2) is 0 Å². The number of hydrogen-bond acceptors (Lipinski definition) is 3. The number of thiophene rings is 1. The van der Waals surface area contributed by atoms with Gasteiger partial charge in [0.2, 0.25) is 5.91 Å². The van der Waals surface area contributed by atoms with Gasteiger partial charge in [0.15, 0.2) is 0 Å². The first kappa shape index (κ1) is 14.1. The van der Waals surface area contributed by atoms with Gasteiger partial charge in [0.05, 0.1) is 6.04 Å².